The zero-order valence-electron chi connectivity index (χ0n) is 21.6. The second-order valence-corrected chi connectivity index (χ2v) is 11.0. The molecule has 0 bridgehead atoms. The van der Waals surface area contributed by atoms with Gasteiger partial charge in [0.15, 0.2) is 5.78 Å². The number of fused-ring (bicyclic) bond motifs is 3. The largest absolute Gasteiger partial charge is 0.362 e. The van der Waals surface area contributed by atoms with Crippen LogP contribution in [0.5, 0.6) is 0 Å². The molecule has 186 valence electrons. The Labute approximate surface area is 216 Å². The third-order valence-corrected chi connectivity index (χ3v) is 7.66. The number of aryl methyl sites for hydroxylation is 1. The number of rotatable bonds is 3. The number of carbonyl (C=O) groups excluding carboxylic acids is 2. The number of anilines is 1. The first-order chi connectivity index (χ1) is 17.7. The molecule has 1 aliphatic carbocycles. The molecule has 0 unspecified atom stereocenters. The van der Waals surface area contributed by atoms with Crippen molar-refractivity contribution in [1.29, 1.82) is 0 Å². The molecule has 0 saturated carbocycles. The SMILES string of the molecule is CC1=C(C(=O)Nc2ccccn2)[C@H](c2ccc3c4ccccc4n(C)c3c2)C2=C(CC(C)(C)CC2=O)N1. The Bertz CT molecular complexity index is 1660. The first kappa shape index (κ1) is 23.2. The number of aromatic nitrogens is 2. The highest BCUT2D eigenvalue weighted by Crippen LogP contribution is 2.47. The topological polar surface area (TPSA) is 76.0 Å². The Hall–Kier alpha value is -4.19. The van der Waals surface area contributed by atoms with Gasteiger partial charge in [-0.3, -0.25) is 9.59 Å². The minimum Gasteiger partial charge on any atom is -0.362 e. The molecule has 6 heteroatoms. The van der Waals surface area contributed by atoms with Gasteiger partial charge in [-0.05, 0) is 48.6 Å². The smallest absolute Gasteiger partial charge is 0.255 e. The van der Waals surface area contributed by atoms with Crippen LogP contribution in [0.15, 0.2) is 89.4 Å². The van der Waals surface area contributed by atoms with Gasteiger partial charge < -0.3 is 15.2 Å². The van der Waals surface area contributed by atoms with Crippen molar-refractivity contribution in [3.8, 4) is 0 Å². The molecule has 2 N–H and O–H groups in total. The summed E-state index contributed by atoms with van der Waals surface area (Å²) in [7, 11) is 2.06. The van der Waals surface area contributed by atoms with Crippen molar-refractivity contribution >= 4 is 39.3 Å². The van der Waals surface area contributed by atoms with Crippen LogP contribution < -0.4 is 10.6 Å². The van der Waals surface area contributed by atoms with Crippen LogP contribution in [0.25, 0.3) is 21.8 Å². The fourth-order valence-electron chi connectivity index (χ4n) is 6.05. The number of nitrogens with zero attached hydrogens (tertiary/aromatic N) is 2. The van der Waals surface area contributed by atoms with Crippen LogP contribution in [0.1, 0.15) is 45.1 Å². The van der Waals surface area contributed by atoms with E-state index in [0.29, 0.717) is 23.4 Å². The van der Waals surface area contributed by atoms with Crippen molar-refractivity contribution in [2.45, 2.75) is 39.5 Å². The van der Waals surface area contributed by atoms with E-state index in [1.54, 1.807) is 12.3 Å². The number of carbonyl (C=O) groups is 2. The highest BCUT2D eigenvalue weighted by atomic mass is 16.2. The van der Waals surface area contributed by atoms with E-state index in [0.717, 1.165) is 39.8 Å². The molecule has 0 spiro atoms. The summed E-state index contributed by atoms with van der Waals surface area (Å²) in [6.07, 6.45) is 2.86. The molecule has 2 aromatic carbocycles. The van der Waals surface area contributed by atoms with Crippen molar-refractivity contribution in [2.75, 3.05) is 5.32 Å². The Balaban J connectivity index is 1.54. The van der Waals surface area contributed by atoms with Crippen LogP contribution in [-0.2, 0) is 16.6 Å². The summed E-state index contributed by atoms with van der Waals surface area (Å²) < 4.78 is 2.18. The maximum absolute atomic E-state index is 13.8. The molecule has 3 heterocycles. The van der Waals surface area contributed by atoms with E-state index in [2.05, 4.69) is 71.4 Å². The van der Waals surface area contributed by atoms with Gasteiger partial charge in [0.25, 0.3) is 5.91 Å². The molecule has 2 aliphatic rings. The standard InChI is InChI=1S/C31H30N4O2/c1-18-27(30(37)34-26-11-7-8-14-32-26)28(29-22(33-18)16-31(2,3)17-25(29)36)19-12-13-21-20-9-5-6-10-23(20)35(4)24(21)15-19/h5-15,28,33H,16-17H2,1-4H3,(H,32,34,37)/t28-/m0/s1. The number of Topliss-reactive ketones (excluding diaryl/α,β-unsaturated/α-hetero) is 1. The van der Waals surface area contributed by atoms with Gasteiger partial charge >= 0.3 is 0 Å². The molecule has 0 radical (unpaired) electrons. The molecule has 0 fully saturated rings. The Morgan fingerprint density at radius 1 is 1.03 bits per heavy atom. The molecular weight excluding hydrogens is 460 g/mol. The van der Waals surface area contributed by atoms with Gasteiger partial charge in [0.05, 0.1) is 0 Å². The highest BCUT2D eigenvalue weighted by Gasteiger charge is 2.42. The van der Waals surface area contributed by atoms with E-state index in [1.165, 1.54) is 5.39 Å². The lowest BCUT2D eigenvalue weighted by Crippen LogP contribution is -2.39. The maximum Gasteiger partial charge on any atom is 0.255 e. The van der Waals surface area contributed by atoms with Crippen LogP contribution in [0.4, 0.5) is 5.82 Å². The average molecular weight is 491 g/mol. The van der Waals surface area contributed by atoms with Crippen molar-refractivity contribution in [3.63, 3.8) is 0 Å². The van der Waals surface area contributed by atoms with E-state index < -0.39 is 5.92 Å². The summed E-state index contributed by atoms with van der Waals surface area (Å²) in [6.45, 7) is 6.16. The highest BCUT2D eigenvalue weighted by molar-refractivity contribution is 6.11. The summed E-state index contributed by atoms with van der Waals surface area (Å²) >= 11 is 0. The van der Waals surface area contributed by atoms with E-state index in [9.17, 15) is 9.59 Å². The van der Waals surface area contributed by atoms with Gasteiger partial charge in [0.1, 0.15) is 5.82 Å². The third kappa shape index (κ3) is 3.84. The van der Waals surface area contributed by atoms with Crippen LogP contribution in [0, 0.1) is 5.41 Å². The summed E-state index contributed by atoms with van der Waals surface area (Å²) in [4.78, 5) is 31.7. The summed E-state index contributed by atoms with van der Waals surface area (Å²) in [5, 5.41) is 8.74. The molecule has 1 amide bonds. The number of pyridine rings is 1. The van der Waals surface area contributed by atoms with Crippen molar-refractivity contribution in [3.05, 3.63) is 95.0 Å². The number of hydrogen-bond donors (Lipinski definition) is 2. The number of ketones is 1. The number of nitrogens with one attached hydrogen (secondary N) is 2. The van der Waals surface area contributed by atoms with Crippen LogP contribution in [0.3, 0.4) is 0 Å². The van der Waals surface area contributed by atoms with Crippen molar-refractivity contribution < 1.29 is 9.59 Å². The first-order valence-corrected chi connectivity index (χ1v) is 12.7. The Morgan fingerprint density at radius 3 is 2.57 bits per heavy atom. The number of allylic oxidation sites excluding steroid dienone is 3. The molecule has 2 aromatic heterocycles. The quantitative estimate of drug-likeness (QED) is 0.371. The summed E-state index contributed by atoms with van der Waals surface area (Å²) in [5.41, 5.74) is 5.97. The second kappa shape index (κ2) is 8.44. The van der Waals surface area contributed by atoms with Gasteiger partial charge in [-0.1, -0.05) is 50.2 Å². The van der Waals surface area contributed by atoms with Gasteiger partial charge in [-0.2, -0.15) is 0 Å². The van der Waals surface area contributed by atoms with Crippen LogP contribution in [0.2, 0.25) is 0 Å². The maximum atomic E-state index is 13.8. The molecule has 0 saturated heterocycles. The fourth-order valence-corrected chi connectivity index (χ4v) is 6.05. The lowest BCUT2D eigenvalue weighted by molar-refractivity contribution is -0.118. The van der Waals surface area contributed by atoms with Gasteiger partial charge in [-0.25, -0.2) is 4.98 Å². The molecule has 1 atom stereocenters. The zero-order chi connectivity index (χ0) is 25.9. The predicted octanol–water partition coefficient (Wildman–Crippen LogP) is 5.97. The molecule has 6 rings (SSSR count). The fraction of sp³-hybridized carbons (Fsp3) is 0.258. The normalized spacial score (nSPS) is 19.2. The number of dihydropyridines is 1. The van der Waals surface area contributed by atoms with Gasteiger partial charge in [-0.15, -0.1) is 0 Å². The first-order valence-electron chi connectivity index (χ1n) is 12.7. The van der Waals surface area contributed by atoms with Gasteiger partial charge in [0.2, 0.25) is 0 Å². The molecule has 4 aromatic rings. The number of amides is 1. The average Bonchev–Trinajstić information content (AvgIpc) is 3.14. The van der Waals surface area contributed by atoms with Crippen molar-refractivity contribution in [2.24, 2.45) is 12.5 Å². The summed E-state index contributed by atoms with van der Waals surface area (Å²) in [6, 6.07) is 20.1. The summed E-state index contributed by atoms with van der Waals surface area (Å²) in [5.74, 6) is -0.149. The zero-order valence-corrected chi connectivity index (χ0v) is 21.6. The van der Waals surface area contributed by atoms with Crippen LogP contribution in [-0.4, -0.2) is 21.2 Å². The minimum absolute atomic E-state index is 0.0940. The Kier molecular flexibility index (Phi) is 5.30. The van der Waals surface area contributed by atoms with E-state index in [4.69, 9.17) is 0 Å². The van der Waals surface area contributed by atoms with Gasteiger partial charge in [0, 0.05) is 69.9 Å². The molecule has 1 aliphatic heterocycles. The number of hydrogen-bond acceptors (Lipinski definition) is 4. The van der Waals surface area contributed by atoms with Crippen molar-refractivity contribution in [1.82, 2.24) is 14.9 Å². The van der Waals surface area contributed by atoms with E-state index >= 15 is 0 Å². The van der Waals surface area contributed by atoms with Crippen LogP contribution >= 0.6 is 0 Å². The Morgan fingerprint density at radius 2 is 1.78 bits per heavy atom. The number of benzene rings is 2. The number of para-hydroxylation sites is 1. The lowest BCUT2D eigenvalue weighted by Gasteiger charge is -2.39. The minimum atomic E-state index is -0.467. The lowest BCUT2D eigenvalue weighted by atomic mass is 9.68. The second-order valence-electron chi connectivity index (χ2n) is 11.0. The molecule has 6 nitrogen and oxygen atoms in total. The van der Waals surface area contributed by atoms with E-state index in [-0.39, 0.29) is 17.1 Å². The molecule has 37 heavy (non-hydrogen) atoms. The third-order valence-electron chi connectivity index (χ3n) is 7.66. The monoisotopic (exact) mass is 490 g/mol. The predicted molar refractivity (Wildman–Crippen MR) is 147 cm³/mol. The van der Waals surface area contributed by atoms with E-state index in [1.807, 2.05) is 31.2 Å². The molecular formula is C31H30N4O2.